The van der Waals surface area contributed by atoms with Crippen molar-refractivity contribution < 1.29 is 22.7 Å². The normalized spacial score (nSPS) is 17.1. The van der Waals surface area contributed by atoms with Gasteiger partial charge in [0, 0.05) is 11.6 Å². The molecule has 12 heteroatoms. The summed E-state index contributed by atoms with van der Waals surface area (Å²) in [6.07, 6.45) is -3.04. The molecule has 1 fully saturated rings. The van der Waals surface area contributed by atoms with E-state index in [2.05, 4.69) is 15.5 Å². The van der Waals surface area contributed by atoms with Gasteiger partial charge in [0.25, 0.3) is 0 Å². The molecule has 0 aliphatic carbocycles. The van der Waals surface area contributed by atoms with Gasteiger partial charge in [0.05, 0.1) is 29.7 Å². The average Bonchev–Trinajstić information content (AvgIpc) is 3.25. The molecule has 0 radical (unpaired) electrons. The van der Waals surface area contributed by atoms with Crippen molar-refractivity contribution in [2.75, 3.05) is 17.7 Å². The second-order valence-electron chi connectivity index (χ2n) is 6.08. The van der Waals surface area contributed by atoms with E-state index in [4.69, 9.17) is 16.3 Å². The number of aromatic amines is 1. The number of anilines is 1. The van der Waals surface area contributed by atoms with Crippen LogP contribution in [0.2, 0.25) is 5.02 Å². The zero-order chi connectivity index (χ0) is 20.3. The number of nitrogens with zero attached hydrogens (tertiary/aromatic N) is 2. The van der Waals surface area contributed by atoms with Crippen LogP contribution in [0.25, 0.3) is 0 Å². The molecule has 1 amide bonds. The molecule has 2 N–H and O–H groups in total. The Morgan fingerprint density at radius 2 is 2.25 bits per heavy atom. The SMILES string of the molecule is O=C(CSc1n[nH]c(=O)n1CC1CCCO1)Nc1ccc(Cl)cc1C(F)(F)F. The lowest BCUT2D eigenvalue weighted by Gasteiger charge is -2.14. The molecule has 7 nitrogen and oxygen atoms in total. The largest absolute Gasteiger partial charge is 0.418 e. The fourth-order valence-electron chi connectivity index (χ4n) is 2.74. The molecule has 1 saturated heterocycles. The average molecular weight is 437 g/mol. The summed E-state index contributed by atoms with van der Waals surface area (Å²) in [5.41, 5.74) is -1.86. The molecular formula is C16H16ClF3N4O3S. The summed E-state index contributed by atoms with van der Waals surface area (Å²) in [5.74, 6) is -0.896. The molecule has 1 unspecified atom stereocenters. The van der Waals surface area contributed by atoms with Crippen LogP contribution in [0.3, 0.4) is 0 Å². The Bertz CT molecular complexity index is 909. The molecule has 0 bridgehead atoms. The van der Waals surface area contributed by atoms with Crippen molar-refractivity contribution in [1.29, 1.82) is 0 Å². The van der Waals surface area contributed by atoms with Gasteiger partial charge in [0.15, 0.2) is 5.16 Å². The number of nitrogens with one attached hydrogen (secondary N) is 2. The number of carbonyl (C=O) groups excluding carboxylic acids is 1. The summed E-state index contributed by atoms with van der Waals surface area (Å²) in [5, 5.41) is 8.57. The quantitative estimate of drug-likeness (QED) is 0.679. The van der Waals surface area contributed by atoms with Crippen LogP contribution in [-0.2, 0) is 22.3 Å². The lowest BCUT2D eigenvalue weighted by atomic mass is 10.1. The Morgan fingerprint density at radius 1 is 1.46 bits per heavy atom. The second-order valence-corrected chi connectivity index (χ2v) is 7.46. The first kappa shape index (κ1) is 20.7. The maximum Gasteiger partial charge on any atom is 0.418 e. The number of hydrogen-bond donors (Lipinski definition) is 2. The lowest BCUT2D eigenvalue weighted by Crippen LogP contribution is -2.25. The van der Waals surface area contributed by atoms with Crippen molar-refractivity contribution >= 4 is 35.0 Å². The Morgan fingerprint density at radius 3 is 2.93 bits per heavy atom. The van der Waals surface area contributed by atoms with Crippen LogP contribution in [0, 0.1) is 0 Å². The summed E-state index contributed by atoms with van der Waals surface area (Å²) in [6.45, 7) is 0.930. The van der Waals surface area contributed by atoms with Crippen LogP contribution in [-0.4, -0.2) is 39.1 Å². The van der Waals surface area contributed by atoms with Gasteiger partial charge in [-0.05, 0) is 31.0 Å². The van der Waals surface area contributed by atoms with Gasteiger partial charge in [-0.2, -0.15) is 13.2 Å². The number of alkyl halides is 3. The minimum Gasteiger partial charge on any atom is -0.376 e. The number of halogens is 4. The molecule has 1 aliphatic heterocycles. The van der Waals surface area contributed by atoms with Gasteiger partial charge in [-0.1, -0.05) is 23.4 Å². The van der Waals surface area contributed by atoms with Crippen LogP contribution in [0.15, 0.2) is 28.2 Å². The number of benzene rings is 1. The Labute approximate surface area is 166 Å². The molecular weight excluding hydrogens is 421 g/mol. The second kappa shape index (κ2) is 8.58. The number of carbonyl (C=O) groups is 1. The maximum atomic E-state index is 13.1. The summed E-state index contributed by atoms with van der Waals surface area (Å²) in [4.78, 5) is 24.0. The number of H-pyrrole nitrogens is 1. The molecule has 2 heterocycles. The highest BCUT2D eigenvalue weighted by molar-refractivity contribution is 7.99. The number of ether oxygens (including phenoxy) is 1. The van der Waals surface area contributed by atoms with E-state index < -0.39 is 23.3 Å². The minimum absolute atomic E-state index is 0.0885. The molecule has 152 valence electrons. The first-order valence-corrected chi connectivity index (χ1v) is 9.66. The molecule has 0 spiro atoms. The Kier molecular flexibility index (Phi) is 6.36. The molecule has 0 saturated carbocycles. The van der Waals surface area contributed by atoms with Crippen molar-refractivity contribution in [3.05, 3.63) is 39.3 Å². The fourth-order valence-corrected chi connectivity index (χ4v) is 3.67. The highest BCUT2D eigenvalue weighted by Crippen LogP contribution is 2.36. The fraction of sp³-hybridized carbons (Fsp3) is 0.438. The molecule has 1 aromatic heterocycles. The van der Waals surface area contributed by atoms with Gasteiger partial charge in [-0.15, -0.1) is 5.10 Å². The molecule has 1 aromatic carbocycles. The molecule has 1 atom stereocenters. The van der Waals surface area contributed by atoms with Gasteiger partial charge >= 0.3 is 11.9 Å². The number of hydrogen-bond acceptors (Lipinski definition) is 5. The van der Waals surface area contributed by atoms with Crippen molar-refractivity contribution in [2.45, 2.75) is 36.8 Å². The third kappa shape index (κ3) is 5.09. The highest BCUT2D eigenvalue weighted by atomic mass is 35.5. The Hall–Kier alpha value is -1.98. The number of aromatic nitrogens is 3. The van der Waals surface area contributed by atoms with E-state index in [-0.39, 0.29) is 27.7 Å². The third-order valence-corrected chi connectivity index (χ3v) is 5.24. The Balaban J connectivity index is 1.65. The van der Waals surface area contributed by atoms with Crippen LogP contribution < -0.4 is 11.0 Å². The van der Waals surface area contributed by atoms with Gasteiger partial charge in [0.1, 0.15) is 0 Å². The van der Waals surface area contributed by atoms with Crippen LogP contribution in [0.5, 0.6) is 0 Å². The van der Waals surface area contributed by atoms with Crippen molar-refractivity contribution in [3.8, 4) is 0 Å². The number of thioether (sulfide) groups is 1. The van der Waals surface area contributed by atoms with E-state index in [0.717, 1.165) is 36.7 Å². The summed E-state index contributed by atoms with van der Waals surface area (Å²) >= 11 is 6.56. The predicted octanol–water partition coefficient (Wildman–Crippen LogP) is 3.15. The number of amides is 1. The standard InChI is InChI=1S/C16H16ClF3N4O3S/c17-9-3-4-12(11(6-9)16(18,19)20)21-13(25)8-28-15-23-22-14(26)24(15)7-10-2-1-5-27-10/h3-4,6,10H,1-2,5,7-8H2,(H,21,25)(H,22,26). The number of rotatable bonds is 6. The van der Waals surface area contributed by atoms with Crippen LogP contribution in [0.4, 0.5) is 18.9 Å². The van der Waals surface area contributed by atoms with E-state index in [1.165, 1.54) is 10.6 Å². The summed E-state index contributed by atoms with van der Waals surface area (Å²) < 4.78 is 46.1. The van der Waals surface area contributed by atoms with Crippen molar-refractivity contribution in [1.82, 2.24) is 14.8 Å². The summed E-state index contributed by atoms with van der Waals surface area (Å²) in [6, 6.07) is 3.10. The zero-order valence-electron chi connectivity index (χ0n) is 14.4. The van der Waals surface area contributed by atoms with E-state index in [9.17, 15) is 22.8 Å². The molecule has 2 aromatic rings. The van der Waals surface area contributed by atoms with Gasteiger partial charge in [-0.3, -0.25) is 9.36 Å². The van der Waals surface area contributed by atoms with Crippen LogP contribution in [0.1, 0.15) is 18.4 Å². The monoisotopic (exact) mass is 436 g/mol. The van der Waals surface area contributed by atoms with E-state index in [1.54, 1.807) is 0 Å². The minimum atomic E-state index is -4.66. The molecule has 28 heavy (non-hydrogen) atoms. The zero-order valence-corrected chi connectivity index (χ0v) is 16.0. The maximum absolute atomic E-state index is 13.1. The van der Waals surface area contributed by atoms with E-state index in [0.29, 0.717) is 13.2 Å². The summed E-state index contributed by atoms with van der Waals surface area (Å²) in [7, 11) is 0. The first-order chi connectivity index (χ1) is 13.2. The van der Waals surface area contributed by atoms with Crippen LogP contribution >= 0.6 is 23.4 Å². The predicted molar refractivity (Wildman–Crippen MR) is 97.6 cm³/mol. The lowest BCUT2D eigenvalue weighted by molar-refractivity contribution is -0.137. The highest BCUT2D eigenvalue weighted by Gasteiger charge is 2.34. The third-order valence-electron chi connectivity index (χ3n) is 4.03. The molecule has 3 rings (SSSR count). The van der Waals surface area contributed by atoms with Crippen molar-refractivity contribution in [2.24, 2.45) is 0 Å². The first-order valence-electron chi connectivity index (χ1n) is 8.30. The van der Waals surface area contributed by atoms with E-state index >= 15 is 0 Å². The van der Waals surface area contributed by atoms with E-state index in [1.807, 2.05) is 0 Å². The van der Waals surface area contributed by atoms with Gasteiger partial charge < -0.3 is 10.1 Å². The van der Waals surface area contributed by atoms with Gasteiger partial charge in [0.2, 0.25) is 5.91 Å². The molecule has 1 aliphatic rings. The smallest absolute Gasteiger partial charge is 0.376 e. The van der Waals surface area contributed by atoms with Crippen molar-refractivity contribution in [3.63, 3.8) is 0 Å². The topological polar surface area (TPSA) is 89.0 Å². The van der Waals surface area contributed by atoms with Gasteiger partial charge in [-0.25, -0.2) is 9.89 Å².